The number of hydrogen-bond acceptors (Lipinski definition) is 6. The van der Waals surface area contributed by atoms with Crippen LogP contribution in [-0.2, 0) is 0 Å². The summed E-state index contributed by atoms with van der Waals surface area (Å²) < 4.78 is 11.2. The minimum absolute atomic E-state index is 0.406. The van der Waals surface area contributed by atoms with Crippen LogP contribution < -0.4 is 20.1 Å². The van der Waals surface area contributed by atoms with E-state index in [9.17, 15) is 0 Å². The predicted octanol–water partition coefficient (Wildman–Crippen LogP) is 5.17. The highest BCUT2D eigenvalue weighted by atomic mass is 16.6. The van der Waals surface area contributed by atoms with Crippen molar-refractivity contribution in [1.29, 1.82) is 0 Å². The van der Waals surface area contributed by atoms with Crippen molar-refractivity contribution in [2.75, 3.05) is 23.8 Å². The number of anilines is 4. The average Bonchev–Trinajstić information content (AvgIpc) is 2.68. The topological polar surface area (TPSA) is 68.3 Å². The van der Waals surface area contributed by atoms with E-state index in [1.165, 1.54) is 5.56 Å². The van der Waals surface area contributed by atoms with Crippen molar-refractivity contribution in [3.63, 3.8) is 0 Å². The van der Waals surface area contributed by atoms with Gasteiger partial charge in [0.1, 0.15) is 19.0 Å². The first kappa shape index (κ1) is 18.1. The Labute approximate surface area is 164 Å². The lowest BCUT2D eigenvalue weighted by atomic mass is 10.0. The standard InChI is InChI=1S/C22H24N4O2/c1-14(2)17-6-4-5-7-18(17)25-22-23-15(3)12-21(26-22)24-16-8-9-19-20(13-16)28-11-10-27-19/h4-9,12-14H,10-11H2,1-3H3,(H2,23,24,25,26). The third-order valence-electron chi connectivity index (χ3n) is 4.50. The number of ether oxygens (including phenoxy) is 2. The Bertz CT molecular complexity index is 988. The van der Waals surface area contributed by atoms with Crippen LogP contribution in [0.25, 0.3) is 0 Å². The van der Waals surface area contributed by atoms with Crippen LogP contribution in [0.15, 0.2) is 48.5 Å². The monoisotopic (exact) mass is 376 g/mol. The van der Waals surface area contributed by atoms with Gasteiger partial charge in [-0.3, -0.25) is 0 Å². The maximum atomic E-state index is 5.65. The Kier molecular flexibility index (Phi) is 5.02. The Morgan fingerprint density at radius 3 is 2.50 bits per heavy atom. The normalized spacial score (nSPS) is 12.7. The van der Waals surface area contributed by atoms with E-state index in [4.69, 9.17) is 9.47 Å². The Balaban J connectivity index is 1.58. The molecular weight excluding hydrogens is 352 g/mol. The van der Waals surface area contributed by atoms with Crippen LogP contribution in [0.5, 0.6) is 11.5 Å². The molecular formula is C22H24N4O2. The average molecular weight is 376 g/mol. The number of aryl methyl sites for hydroxylation is 1. The SMILES string of the molecule is Cc1cc(Nc2ccc3c(c2)OCCO3)nc(Nc2ccccc2C(C)C)n1. The van der Waals surface area contributed by atoms with E-state index in [1.54, 1.807) is 0 Å². The highest BCUT2D eigenvalue weighted by molar-refractivity contribution is 5.64. The predicted molar refractivity (Wildman–Crippen MR) is 111 cm³/mol. The number of fused-ring (bicyclic) bond motifs is 1. The smallest absolute Gasteiger partial charge is 0.229 e. The van der Waals surface area contributed by atoms with Gasteiger partial charge in [-0.2, -0.15) is 4.98 Å². The third kappa shape index (κ3) is 4.01. The Morgan fingerprint density at radius 1 is 0.893 bits per heavy atom. The van der Waals surface area contributed by atoms with Crippen LogP contribution in [-0.4, -0.2) is 23.2 Å². The third-order valence-corrected chi connectivity index (χ3v) is 4.50. The molecule has 1 aromatic heterocycles. The van der Waals surface area contributed by atoms with E-state index in [-0.39, 0.29) is 0 Å². The van der Waals surface area contributed by atoms with Gasteiger partial charge in [-0.15, -0.1) is 0 Å². The second-order valence-corrected chi connectivity index (χ2v) is 7.07. The molecule has 0 saturated heterocycles. The molecule has 0 aliphatic carbocycles. The summed E-state index contributed by atoms with van der Waals surface area (Å²) in [5.41, 5.74) is 4.01. The summed E-state index contributed by atoms with van der Waals surface area (Å²) in [5, 5.41) is 6.70. The van der Waals surface area contributed by atoms with Gasteiger partial charge in [0, 0.05) is 29.2 Å². The minimum Gasteiger partial charge on any atom is -0.486 e. The van der Waals surface area contributed by atoms with Gasteiger partial charge < -0.3 is 20.1 Å². The maximum absolute atomic E-state index is 5.65. The first-order valence-corrected chi connectivity index (χ1v) is 9.47. The Morgan fingerprint density at radius 2 is 1.68 bits per heavy atom. The van der Waals surface area contributed by atoms with Crippen LogP contribution in [0.1, 0.15) is 31.0 Å². The summed E-state index contributed by atoms with van der Waals surface area (Å²) in [6.07, 6.45) is 0. The molecule has 6 heteroatoms. The van der Waals surface area contributed by atoms with E-state index in [0.717, 1.165) is 28.6 Å². The maximum Gasteiger partial charge on any atom is 0.229 e. The Hall–Kier alpha value is -3.28. The fraction of sp³-hybridized carbons (Fsp3) is 0.273. The molecule has 0 radical (unpaired) electrons. The van der Waals surface area contributed by atoms with E-state index in [1.807, 2.05) is 43.3 Å². The summed E-state index contributed by atoms with van der Waals surface area (Å²) in [5.74, 6) is 3.19. The van der Waals surface area contributed by atoms with E-state index in [2.05, 4.69) is 46.6 Å². The quantitative estimate of drug-likeness (QED) is 0.640. The molecule has 3 aromatic rings. The number of nitrogens with zero attached hydrogens (tertiary/aromatic N) is 2. The van der Waals surface area contributed by atoms with E-state index >= 15 is 0 Å². The fourth-order valence-electron chi connectivity index (χ4n) is 3.19. The second-order valence-electron chi connectivity index (χ2n) is 7.07. The summed E-state index contributed by atoms with van der Waals surface area (Å²) >= 11 is 0. The number of benzene rings is 2. The fourth-order valence-corrected chi connectivity index (χ4v) is 3.19. The summed E-state index contributed by atoms with van der Waals surface area (Å²) in [6, 6.07) is 15.9. The molecule has 144 valence electrons. The molecule has 0 spiro atoms. The van der Waals surface area contributed by atoms with Crippen molar-refractivity contribution < 1.29 is 9.47 Å². The summed E-state index contributed by atoms with van der Waals surface area (Å²) in [4.78, 5) is 9.17. The van der Waals surface area contributed by atoms with Crippen molar-refractivity contribution in [2.45, 2.75) is 26.7 Å². The van der Waals surface area contributed by atoms with E-state index < -0.39 is 0 Å². The molecule has 1 aliphatic heterocycles. The van der Waals surface area contributed by atoms with Crippen LogP contribution >= 0.6 is 0 Å². The molecule has 1 aliphatic rings. The van der Waals surface area contributed by atoms with Gasteiger partial charge in [-0.1, -0.05) is 32.0 Å². The number of para-hydroxylation sites is 1. The molecule has 0 saturated carbocycles. The van der Waals surface area contributed by atoms with Crippen molar-refractivity contribution in [3.05, 3.63) is 59.8 Å². The zero-order valence-corrected chi connectivity index (χ0v) is 16.3. The van der Waals surface area contributed by atoms with Gasteiger partial charge in [0.05, 0.1) is 0 Å². The molecule has 6 nitrogen and oxygen atoms in total. The van der Waals surface area contributed by atoms with Crippen LogP contribution in [0, 0.1) is 6.92 Å². The highest BCUT2D eigenvalue weighted by Gasteiger charge is 2.13. The van der Waals surface area contributed by atoms with Gasteiger partial charge in [-0.25, -0.2) is 4.98 Å². The molecule has 0 atom stereocenters. The molecule has 0 fully saturated rings. The van der Waals surface area contributed by atoms with Crippen LogP contribution in [0.4, 0.5) is 23.1 Å². The van der Waals surface area contributed by atoms with Gasteiger partial charge in [0.2, 0.25) is 5.95 Å². The minimum atomic E-state index is 0.406. The summed E-state index contributed by atoms with van der Waals surface area (Å²) in [6.45, 7) is 7.44. The zero-order chi connectivity index (χ0) is 19.5. The van der Waals surface area contributed by atoms with Crippen molar-refractivity contribution in [2.24, 2.45) is 0 Å². The molecule has 2 aromatic carbocycles. The molecule has 4 rings (SSSR count). The first-order valence-electron chi connectivity index (χ1n) is 9.47. The number of hydrogen-bond donors (Lipinski definition) is 2. The summed E-state index contributed by atoms with van der Waals surface area (Å²) in [7, 11) is 0. The largest absolute Gasteiger partial charge is 0.486 e. The van der Waals surface area contributed by atoms with Gasteiger partial charge >= 0.3 is 0 Å². The van der Waals surface area contributed by atoms with Crippen LogP contribution in [0.3, 0.4) is 0 Å². The zero-order valence-electron chi connectivity index (χ0n) is 16.3. The van der Waals surface area contributed by atoms with Crippen LogP contribution in [0.2, 0.25) is 0 Å². The lowest BCUT2D eigenvalue weighted by molar-refractivity contribution is 0.171. The van der Waals surface area contributed by atoms with Crippen molar-refractivity contribution >= 4 is 23.1 Å². The molecule has 0 unspecified atom stereocenters. The van der Waals surface area contributed by atoms with Gasteiger partial charge in [-0.05, 0) is 36.6 Å². The first-order chi connectivity index (χ1) is 13.6. The van der Waals surface area contributed by atoms with Crippen molar-refractivity contribution in [3.8, 4) is 11.5 Å². The molecule has 2 N–H and O–H groups in total. The van der Waals surface area contributed by atoms with E-state index in [0.29, 0.717) is 30.9 Å². The molecule has 28 heavy (non-hydrogen) atoms. The highest BCUT2D eigenvalue weighted by Crippen LogP contribution is 2.33. The van der Waals surface area contributed by atoms with Gasteiger partial charge in [0.15, 0.2) is 11.5 Å². The molecule has 0 bridgehead atoms. The number of nitrogens with one attached hydrogen (secondary N) is 2. The number of rotatable bonds is 5. The molecule has 0 amide bonds. The molecule has 2 heterocycles. The second kappa shape index (κ2) is 7.76. The van der Waals surface area contributed by atoms with Gasteiger partial charge in [0.25, 0.3) is 0 Å². The number of aromatic nitrogens is 2. The van der Waals surface area contributed by atoms with Crippen molar-refractivity contribution in [1.82, 2.24) is 9.97 Å². The lowest BCUT2D eigenvalue weighted by Gasteiger charge is -2.19. The lowest BCUT2D eigenvalue weighted by Crippen LogP contribution is -2.15.